The predicted molar refractivity (Wildman–Crippen MR) is 88.9 cm³/mol. The SMILES string of the molecule is CCc1nccn1CC(=O)N1CCCC(Cc2ccccn2)C1. The summed E-state index contributed by atoms with van der Waals surface area (Å²) in [6.45, 7) is 4.17. The summed E-state index contributed by atoms with van der Waals surface area (Å²) in [5, 5.41) is 0. The van der Waals surface area contributed by atoms with Gasteiger partial charge in [-0.1, -0.05) is 13.0 Å². The maximum absolute atomic E-state index is 12.6. The number of imidazole rings is 1. The molecule has 23 heavy (non-hydrogen) atoms. The third-order valence-corrected chi connectivity index (χ3v) is 4.52. The summed E-state index contributed by atoms with van der Waals surface area (Å²) in [6.07, 6.45) is 9.56. The van der Waals surface area contributed by atoms with Gasteiger partial charge in [0.05, 0.1) is 0 Å². The molecule has 0 aromatic carbocycles. The van der Waals surface area contributed by atoms with E-state index in [-0.39, 0.29) is 5.91 Å². The van der Waals surface area contributed by atoms with Crippen molar-refractivity contribution < 1.29 is 4.79 Å². The Labute approximate surface area is 137 Å². The van der Waals surface area contributed by atoms with E-state index < -0.39 is 0 Å². The van der Waals surface area contributed by atoms with Gasteiger partial charge in [-0.3, -0.25) is 9.78 Å². The summed E-state index contributed by atoms with van der Waals surface area (Å²) >= 11 is 0. The van der Waals surface area contributed by atoms with Crippen molar-refractivity contribution >= 4 is 5.91 Å². The van der Waals surface area contributed by atoms with Gasteiger partial charge in [0.1, 0.15) is 12.4 Å². The monoisotopic (exact) mass is 312 g/mol. The van der Waals surface area contributed by atoms with Crippen molar-refractivity contribution in [2.75, 3.05) is 13.1 Å². The Morgan fingerprint density at radius 1 is 1.30 bits per heavy atom. The highest BCUT2D eigenvalue weighted by Crippen LogP contribution is 2.20. The normalized spacial score (nSPS) is 18.1. The van der Waals surface area contributed by atoms with Crippen LogP contribution in [0.1, 0.15) is 31.3 Å². The number of nitrogens with zero attached hydrogens (tertiary/aromatic N) is 4. The molecule has 122 valence electrons. The van der Waals surface area contributed by atoms with Crippen LogP contribution in [0.3, 0.4) is 0 Å². The Morgan fingerprint density at radius 3 is 3.00 bits per heavy atom. The summed E-state index contributed by atoms with van der Waals surface area (Å²) < 4.78 is 1.96. The van der Waals surface area contributed by atoms with Gasteiger partial charge in [0.2, 0.25) is 5.91 Å². The minimum Gasteiger partial charge on any atom is -0.341 e. The van der Waals surface area contributed by atoms with E-state index in [1.54, 1.807) is 6.20 Å². The van der Waals surface area contributed by atoms with Crippen LogP contribution >= 0.6 is 0 Å². The van der Waals surface area contributed by atoms with Crippen LogP contribution in [0.25, 0.3) is 0 Å². The number of amides is 1. The van der Waals surface area contributed by atoms with Crippen molar-refractivity contribution in [2.45, 2.75) is 39.2 Å². The molecule has 1 atom stereocenters. The fourth-order valence-corrected chi connectivity index (χ4v) is 3.32. The number of aromatic nitrogens is 3. The molecule has 0 bridgehead atoms. The number of pyridine rings is 1. The van der Waals surface area contributed by atoms with Gasteiger partial charge >= 0.3 is 0 Å². The van der Waals surface area contributed by atoms with E-state index in [2.05, 4.69) is 23.0 Å². The quantitative estimate of drug-likeness (QED) is 0.851. The van der Waals surface area contributed by atoms with Gasteiger partial charge in [-0.25, -0.2) is 4.98 Å². The third-order valence-electron chi connectivity index (χ3n) is 4.52. The fraction of sp³-hybridized carbons (Fsp3) is 0.500. The zero-order valence-electron chi connectivity index (χ0n) is 13.7. The maximum Gasteiger partial charge on any atom is 0.242 e. The number of hydrogen-bond acceptors (Lipinski definition) is 3. The van der Waals surface area contributed by atoms with Crippen LogP contribution in [0.2, 0.25) is 0 Å². The van der Waals surface area contributed by atoms with E-state index in [4.69, 9.17) is 0 Å². The lowest BCUT2D eigenvalue weighted by Gasteiger charge is -2.33. The predicted octanol–water partition coefficient (Wildman–Crippen LogP) is 2.32. The first-order valence-corrected chi connectivity index (χ1v) is 8.44. The van der Waals surface area contributed by atoms with Crippen molar-refractivity contribution in [3.63, 3.8) is 0 Å². The van der Waals surface area contributed by atoms with E-state index in [0.29, 0.717) is 12.5 Å². The van der Waals surface area contributed by atoms with Crippen LogP contribution in [-0.4, -0.2) is 38.4 Å². The molecule has 0 spiro atoms. The molecule has 0 N–H and O–H groups in total. The number of likely N-dealkylation sites (tertiary alicyclic amines) is 1. The van der Waals surface area contributed by atoms with Gasteiger partial charge < -0.3 is 9.47 Å². The average molecular weight is 312 g/mol. The first-order chi connectivity index (χ1) is 11.3. The summed E-state index contributed by atoms with van der Waals surface area (Å²) in [5.74, 6) is 1.68. The number of hydrogen-bond donors (Lipinski definition) is 0. The van der Waals surface area contributed by atoms with Gasteiger partial charge in [0, 0.05) is 43.8 Å². The molecule has 2 aromatic rings. The van der Waals surface area contributed by atoms with Crippen LogP contribution in [0.4, 0.5) is 0 Å². The lowest BCUT2D eigenvalue weighted by atomic mass is 9.93. The second-order valence-corrected chi connectivity index (χ2v) is 6.20. The number of aryl methyl sites for hydroxylation is 1. The largest absolute Gasteiger partial charge is 0.341 e. The molecule has 3 rings (SSSR count). The smallest absolute Gasteiger partial charge is 0.242 e. The van der Waals surface area contributed by atoms with E-state index in [9.17, 15) is 4.79 Å². The van der Waals surface area contributed by atoms with E-state index in [1.807, 2.05) is 34.0 Å². The Hall–Kier alpha value is -2.17. The summed E-state index contributed by atoms with van der Waals surface area (Å²) in [4.78, 5) is 23.3. The van der Waals surface area contributed by atoms with Crippen LogP contribution in [0.5, 0.6) is 0 Å². The van der Waals surface area contributed by atoms with Gasteiger partial charge in [-0.15, -0.1) is 0 Å². The van der Waals surface area contributed by atoms with E-state index in [1.165, 1.54) is 6.42 Å². The molecule has 1 fully saturated rings. The fourth-order valence-electron chi connectivity index (χ4n) is 3.32. The average Bonchev–Trinajstić information content (AvgIpc) is 3.03. The lowest BCUT2D eigenvalue weighted by Crippen LogP contribution is -2.42. The van der Waals surface area contributed by atoms with E-state index >= 15 is 0 Å². The van der Waals surface area contributed by atoms with Gasteiger partial charge in [0.15, 0.2) is 0 Å². The van der Waals surface area contributed by atoms with Crippen LogP contribution < -0.4 is 0 Å². The summed E-state index contributed by atoms with van der Waals surface area (Å²) in [5.41, 5.74) is 1.12. The Balaban J connectivity index is 1.58. The molecule has 0 aliphatic carbocycles. The topological polar surface area (TPSA) is 51.0 Å². The van der Waals surface area contributed by atoms with Gasteiger partial charge in [-0.05, 0) is 37.3 Å². The second-order valence-electron chi connectivity index (χ2n) is 6.20. The van der Waals surface area contributed by atoms with E-state index in [0.717, 1.165) is 43.9 Å². The number of piperidine rings is 1. The molecular weight excluding hydrogens is 288 g/mol. The first-order valence-electron chi connectivity index (χ1n) is 8.44. The molecule has 5 nitrogen and oxygen atoms in total. The minimum absolute atomic E-state index is 0.198. The Bertz CT molecular complexity index is 637. The molecule has 1 saturated heterocycles. The standard InChI is InChI=1S/C18H24N4O/c1-2-17-20-9-11-21(17)14-18(23)22-10-5-6-15(13-22)12-16-7-3-4-8-19-16/h3-4,7-9,11,15H,2,5-6,10,12-14H2,1H3. The molecule has 0 radical (unpaired) electrons. The number of rotatable bonds is 5. The van der Waals surface area contributed by atoms with Crippen molar-refractivity contribution in [1.29, 1.82) is 0 Å². The number of carbonyl (C=O) groups is 1. The summed E-state index contributed by atoms with van der Waals surface area (Å²) in [7, 11) is 0. The first kappa shape index (κ1) is 15.7. The molecule has 2 aromatic heterocycles. The minimum atomic E-state index is 0.198. The van der Waals surface area contributed by atoms with Crippen LogP contribution in [0, 0.1) is 5.92 Å². The second kappa shape index (κ2) is 7.40. The Kier molecular flexibility index (Phi) is 5.05. The highest BCUT2D eigenvalue weighted by molar-refractivity contribution is 5.76. The van der Waals surface area contributed by atoms with Crippen LogP contribution in [0.15, 0.2) is 36.8 Å². The molecular formula is C18H24N4O. The molecule has 3 heterocycles. The van der Waals surface area contributed by atoms with Gasteiger partial charge in [-0.2, -0.15) is 0 Å². The van der Waals surface area contributed by atoms with Crippen molar-refractivity contribution in [1.82, 2.24) is 19.4 Å². The zero-order valence-corrected chi connectivity index (χ0v) is 13.7. The maximum atomic E-state index is 12.6. The molecule has 1 aliphatic rings. The molecule has 5 heteroatoms. The van der Waals surface area contributed by atoms with Gasteiger partial charge in [0.25, 0.3) is 0 Å². The lowest BCUT2D eigenvalue weighted by molar-refractivity contribution is -0.133. The highest BCUT2D eigenvalue weighted by Gasteiger charge is 2.24. The molecule has 1 unspecified atom stereocenters. The summed E-state index contributed by atoms with van der Waals surface area (Å²) in [6, 6.07) is 6.04. The van der Waals surface area contributed by atoms with Crippen LogP contribution in [-0.2, 0) is 24.2 Å². The number of carbonyl (C=O) groups excluding carboxylic acids is 1. The Morgan fingerprint density at radius 2 is 2.22 bits per heavy atom. The van der Waals surface area contributed by atoms with Crippen molar-refractivity contribution in [2.24, 2.45) is 5.92 Å². The zero-order chi connectivity index (χ0) is 16.1. The highest BCUT2D eigenvalue weighted by atomic mass is 16.2. The van der Waals surface area contributed by atoms with Crippen molar-refractivity contribution in [3.05, 3.63) is 48.3 Å². The molecule has 0 saturated carbocycles. The molecule has 1 amide bonds. The third kappa shape index (κ3) is 3.97. The molecule has 1 aliphatic heterocycles. The van der Waals surface area contributed by atoms with Crippen molar-refractivity contribution in [3.8, 4) is 0 Å².